The van der Waals surface area contributed by atoms with Gasteiger partial charge in [-0.25, -0.2) is 0 Å². The van der Waals surface area contributed by atoms with E-state index in [1.807, 2.05) is 0 Å². The number of nitro benzene ring substituents is 1. The number of nitrogens with zero attached hydrogens (tertiary/aromatic N) is 1. The van der Waals surface area contributed by atoms with Gasteiger partial charge in [0.05, 0.1) is 19.1 Å². The maximum absolute atomic E-state index is 12.3. The molecule has 0 spiro atoms. The summed E-state index contributed by atoms with van der Waals surface area (Å²) in [6.07, 6.45) is 0. The summed E-state index contributed by atoms with van der Waals surface area (Å²) in [5.74, 6) is 0.620. The van der Waals surface area contributed by atoms with Crippen LogP contribution in [0, 0.1) is 17.0 Å². The number of anilines is 1. The van der Waals surface area contributed by atoms with Crippen LogP contribution in [0.15, 0.2) is 36.4 Å². The van der Waals surface area contributed by atoms with E-state index in [1.165, 1.54) is 26.4 Å². The Morgan fingerprint density at radius 3 is 2.35 bits per heavy atom. The number of nitrogens with one attached hydrogen (secondary N) is 1. The second-order valence-electron chi connectivity index (χ2n) is 4.78. The molecule has 0 saturated heterocycles. The van der Waals surface area contributed by atoms with E-state index >= 15 is 0 Å². The van der Waals surface area contributed by atoms with Crippen molar-refractivity contribution >= 4 is 17.3 Å². The lowest BCUT2D eigenvalue weighted by atomic mass is 10.1. The van der Waals surface area contributed by atoms with Crippen molar-refractivity contribution in [1.82, 2.24) is 0 Å². The minimum Gasteiger partial charge on any atom is -0.493 e. The predicted molar refractivity (Wildman–Crippen MR) is 85.3 cm³/mol. The van der Waals surface area contributed by atoms with Crippen LogP contribution in [0.1, 0.15) is 15.9 Å². The third-order valence-corrected chi connectivity index (χ3v) is 3.30. The first kappa shape index (κ1) is 16.3. The number of rotatable bonds is 5. The standard InChI is InChI=1S/C16H16N2O5/c1-10-8-12(5-6-13(10)18(20)21)17-16(19)11-4-7-14(22-2)15(9-11)23-3/h4-9H,1-3H3,(H,17,19). The average Bonchev–Trinajstić information content (AvgIpc) is 2.53. The molecule has 7 heteroatoms. The summed E-state index contributed by atoms with van der Waals surface area (Å²) in [5, 5.41) is 13.5. The zero-order valence-electron chi connectivity index (χ0n) is 13.0. The minimum atomic E-state index is -0.463. The van der Waals surface area contributed by atoms with Gasteiger partial charge in [0.2, 0.25) is 0 Å². The third kappa shape index (κ3) is 3.57. The summed E-state index contributed by atoms with van der Waals surface area (Å²) in [4.78, 5) is 22.6. The van der Waals surface area contributed by atoms with E-state index in [1.54, 1.807) is 31.2 Å². The maximum atomic E-state index is 12.3. The van der Waals surface area contributed by atoms with E-state index in [9.17, 15) is 14.9 Å². The van der Waals surface area contributed by atoms with Gasteiger partial charge in [0.25, 0.3) is 11.6 Å². The van der Waals surface area contributed by atoms with Gasteiger partial charge in [0.15, 0.2) is 11.5 Å². The molecule has 0 aromatic heterocycles. The summed E-state index contributed by atoms with van der Waals surface area (Å²) in [7, 11) is 3.00. The molecule has 23 heavy (non-hydrogen) atoms. The van der Waals surface area contributed by atoms with Crippen molar-refractivity contribution in [3.8, 4) is 11.5 Å². The Bertz CT molecular complexity index is 758. The molecular formula is C16H16N2O5. The molecule has 1 N–H and O–H groups in total. The van der Waals surface area contributed by atoms with Gasteiger partial charge in [-0.3, -0.25) is 14.9 Å². The van der Waals surface area contributed by atoms with Gasteiger partial charge in [0, 0.05) is 22.9 Å². The predicted octanol–water partition coefficient (Wildman–Crippen LogP) is 3.17. The Kier molecular flexibility index (Phi) is 4.80. The fourth-order valence-corrected chi connectivity index (χ4v) is 2.12. The number of benzene rings is 2. The maximum Gasteiger partial charge on any atom is 0.272 e. The zero-order chi connectivity index (χ0) is 17.0. The highest BCUT2D eigenvalue weighted by Gasteiger charge is 2.14. The monoisotopic (exact) mass is 316 g/mol. The molecule has 7 nitrogen and oxygen atoms in total. The summed E-state index contributed by atoms with van der Waals surface area (Å²) < 4.78 is 10.3. The summed E-state index contributed by atoms with van der Waals surface area (Å²) in [6, 6.07) is 9.20. The molecule has 2 aromatic rings. The molecule has 1 amide bonds. The first-order valence-electron chi connectivity index (χ1n) is 6.74. The van der Waals surface area contributed by atoms with E-state index in [2.05, 4.69) is 5.32 Å². The van der Waals surface area contributed by atoms with Crippen LogP contribution >= 0.6 is 0 Å². The molecule has 0 saturated carbocycles. The van der Waals surface area contributed by atoms with Crippen LogP contribution in [0.25, 0.3) is 0 Å². The van der Waals surface area contributed by atoms with E-state index in [0.29, 0.717) is 28.3 Å². The van der Waals surface area contributed by atoms with Crippen molar-refractivity contribution in [1.29, 1.82) is 0 Å². The smallest absolute Gasteiger partial charge is 0.272 e. The summed E-state index contributed by atoms with van der Waals surface area (Å²) >= 11 is 0. The first-order valence-corrected chi connectivity index (χ1v) is 6.74. The van der Waals surface area contributed by atoms with E-state index in [-0.39, 0.29) is 11.6 Å². The number of amides is 1. The zero-order valence-corrected chi connectivity index (χ0v) is 13.0. The van der Waals surface area contributed by atoms with Crippen LogP contribution < -0.4 is 14.8 Å². The Morgan fingerprint density at radius 2 is 1.78 bits per heavy atom. The van der Waals surface area contributed by atoms with Gasteiger partial charge in [-0.1, -0.05) is 0 Å². The van der Waals surface area contributed by atoms with Crippen LogP contribution in [0.4, 0.5) is 11.4 Å². The second kappa shape index (κ2) is 6.78. The molecule has 2 rings (SSSR count). The van der Waals surface area contributed by atoms with Crippen molar-refractivity contribution in [3.05, 3.63) is 57.6 Å². The van der Waals surface area contributed by atoms with E-state index < -0.39 is 4.92 Å². The molecule has 0 radical (unpaired) electrons. The molecule has 2 aromatic carbocycles. The molecule has 0 fully saturated rings. The normalized spacial score (nSPS) is 10.0. The fraction of sp³-hybridized carbons (Fsp3) is 0.188. The molecule has 0 unspecified atom stereocenters. The molecule has 120 valence electrons. The van der Waals surface area contributed by atoms with Crippen LogP contribution in [0.2, 0.25) is 0 Å². The number of hydrogen-bond donors (Lipinski definition) is 1. The highest BCUT2D eigenvalue weighted by atomic mass is 16.6. The van der Waals surface area contributed by atoms with Gasteiger partial charge in [0.1, 0.15) is 0 Å². The SMILES string of the molecule is COc1ccc(C(=O)Nc2ccc([N+](=O)[O-])c(C)c2)cc1OC. The van der Waals surface area contributed by atoms with Gasteiger partial charge < -0.3 is 14.8 Å². The van der Waals surface area contributed by atoms with Gasteiger partial charge in [-0.15, -0.1) is 0 Å². The van der Waals surface area contributed by atoms with Crippen molar-refractivity contribution < 1.29 is 19.2 Å². The number of ether oxygens (including phenoxy) is 2. The number of aryl methyl sites for hydroxylation is 1. The molecule has 0 bridgehead atoms. The minimum absolute atomic E-state index is 0.00844. The number of methoxy groups -OCH3 is 2. The first-order chi connectivity index (χ1) is 11.0. The largest absolute Gasteiger partial charge is 0.493 e. The molecular weight excluding hydrogens is 300 g/mol. The number of carbonyl (C=O) groups is 1. The lowest BCUT2D eigenvalue weighted by molar-refractivity contribution is -0.385. The van der Waals surface area contributed by atoms with Crippen molar-refractivity contribution in [2.75, 3.05) is 19.5 Å². The quantitative estimate of drug-likeness (QED) is 0.676. The Hall–Kier alpha value is -3.09. The van der Waals surface area contributed by atoms with Gasteiger partial charge in [-0.2, -0.15) is 0 Å². The molecule has 0 atom stereocenters. The van der Waals surface area contributed by atoms with Crippen LogP contribution in [0.3, 0.4) is 0 Å². The Labute approximate surface area is 133 Å². The second-order valence-corrected chi connectivity index (χ2v) is 4.78. The molecule has 0 aliphatic heterocycles. The fourth-order valence-electron chi connectivity index (χ4n) is 2.12. The molecule has 0 heterocycles. The average molecular weight is 316 g/mol. The molecule has 0 aliphatic rings. The van der Waals surface area contributed by atoms with E-state index in [0.717, 1.165) is 0 Å². The Balaban J connectivity index is 2.22. The lowest BCUT2D eigenvalue weighted by Gasteiger charge is -2.10. The lowest BCUT2D eigenvalue weighted by Crippen LogP contribution is -2.12. The topological polar surface area (TPSA) is 90.7 Å². The summed E-state index contributed by atoms with van der Waals surface area (Å²) in [6.45, 7) is 1.62. The van der Waals surface area contributed by atoms with Crippen LogP contribution in [-0.2, 0) is 0 Å². The Morgan fingerprint density at radius 1 is 1.09 bits per heavy atom. The molecule has 0 aliphatic carbocycles. The van der Waals surface area contributed by atoms with E-state index in [4.69, 9.17) is 9.47 Å². The van der Waals surface area contributed by atoms with Crippen molar-refractivity contribution in [2.24, 2.45) is 0 Å². The van der Waals surface area contributed by atoms with Crippen molar-refractivity contribution in [3.63, 3.8) is 0 Å². The van der Waals surface area contributed by atoms with Gasteiger partial charge >= 0.3 is 0 Å². The number of carbonyl (C=O) groups excluding carboxylic acids is 1. The number of nitro groups is 1. The summed E-state index contributed by atoms with van der Waals surface area (Å²) in [5.41, 5.74) is 1.35. The van der Waals surface area contributed by atoms with Crippen LogP contribution in [0.5, 0.6) is 11.5 Å². The van der Waals surface area contributed by atoms with Gasteiger partial charge in [-0.05, 0) is 37.3 Å². The van der Waals surface area contributed by atoms with Crippen LogP contribution in [-0.4, -0.2) is 25.1 Å². The highest BCUT2D eigenvalue weighted by molar-refractivity contribution is 6.04. The highest BCUT2D eigenvalue weighted by Crippen LogP contribution is 2.28. The van der Waals surface area contributed by atoms with Crippen molar-refractivity contribution in [2.45, 2.75) is 6.92 Å². The third-order valence-electron chi connectivity index (χ3n) is 3.30. The number of hydrogen-bond acceptors (Lipinski definition) is 5.